The van der Waals surface area contributed by atoms with Gasteiger partial charge in [0.15, 0.2) is 0 Å². The number of carbonyl (C=O) groups excluding carboxylic acids is 1. The van der Waals surface area contributed by atoms with Crippen molar-refractivity contribution in [2.24, 2.45) is 0 Å². The molecule has 88 valence electrons. The Morgan fingerprint density at radius 1 is 1.59 bits per heavy atom. The minimum Gasteiger partial charge on any atom is -0.354 e. The van der Waals surface area contributed by atoms with Crippen molar-refractivity contribution in [3.63, 3.8) is 0 Å². The van der Waals surface area contributed by atoms with Gasteiger partial charge >= 0.3 is 0 Å². The Labute approximate surface area is 99.1 Å². The van der Waals surface area contributed by atoms with Crippen molar-refractivity contribution >= 4 is 11.9 Å². The van der Waals surface area contributed by atoms with Crippen LogP contribution < -0.4 is 10.6 Å². The summed E-state index contributed by atoms with van der Waals surface area (Å²) in [5, 5.41) is 14.7. The Balaban J connectivity index is 2.06. The molecule has 2 N–H and O–H groups in total. The van der Waals surface area contributed by atoms with Crippen LogP contribution in [0.15, 0.2) is 6.07 Å². The molecule has 17 heavy (non-hydrogen) atoms. The molecule has 6 nitrogen and oxygen atoms in total. The maximum absolute atomic E-state index is 11.0. The summed E-state index contributed by atoms with van der Waals surface area (Å²) >= 11 is 0. The molecule has 1 unspecified atom stereocenters. The number of hydrogen-bond acceptors (Lipinski definition) is 5. The Hall–Kier alpha value is -2.16. The van der Waals surface area contributed by atoms with Crippen molar-refractivity contribution in [1.82, 2.24) is 15.3 Å². The first kappa shape index (κ1) is 11.3. The van der Waals surface area contributed by atoms with Gasteiger partial charge in [0.2, 0.25) is 11.9 Å². The number of aryl methyl sites for hydroxylation is 1. The Kier molecular flexibility index (Phi) is 3.19. The first-order valence-corrected chi connectivity index (χ1v) is 5.46. The molecule has 1 aromatic heterocycles. The number of amides is 1. The highest BCUT2D eigenvalue weighted by atomic mass is 16.1. The van der Waals surface area contributed by atoms with E-state index in [2.05, 4.69) is 20.6 Å². The highest BCUT2D eigenvalue weighted by Gasteiger charge is 2.18. The van der Waals surface area contributed by atoms with E-state index in [0.29, 0.717) is 24.6 Å². The molecule has 2 rings (SSSR count). The summed E-state index contributed by atoms with van der Waals surface area (Å²) in [5.74, 6) is 0.522. The highest BCUT2D eigenvalue weighted by molar-refractivity contribution is 5.76. The van der Waals surface area contributed by atoms with Crippen LogP contribution in [0.2, 0.25) is 0 Å². The Morgan fingerprint density at radius 2 is 2.41 bits per heavy atom. The third-order valence-corrected chi connectivity index (χ3v) is 2.57. The van der Waals surface area contributed by atoms with Gasteiger partial charge in [-0.25, -0.2) is 9.97 Å². The van der Waals surface area contributed by atoms with Gasteiger partial charge in [-0.3, -0.25) is 4.79 Å². The lowest BCUT2D eigenvalue weighted by molar-refractivity contribution is -0.122. The second kappa shape index (κ2) is 4.78. The van der Waals surface area contributed by atoms with Crippen LogP contribution in [0.5, 0.6) is 0 Å². The lowest BCUT2D eigenvalue weighted by Crippen LogP contribution is -2.42. The molecule has 0 saturated carbocycles. The van der Waals surface area contributed by atoms with Gasteiger partial charge < -0.3 is 10.6 Å². The summed E-state index contributed by atoms with van der Waals surface area (Å²) in [6, 6.07) is 3.75. The van der Waals surface area contributed by atoms with Gasteiger partial charge in [0.25, 0.3) is 0 Å². The summed E-state index contributed by atoms with van der Waals surface area (Å²) < 4.78 is 0. The van der Waals surface area contributed by atoms with E-state index in [4.69, 9.17) is 5.26 Å². The minimum atomic E-state index is 0.0749. The number of carbonyl (C=O) groups is 1. The summed E-state index contributed by atoms with van der Waals surface area (Å²) in [6.45, 7) is 2.38. The molecule has 1 fully saturated rings. The number of anilines is 1. The fourth-order valence-electron chi connectivity index (χ4n) is 1.73. The first-order chi connectivity index (χ1) is 8.17. The molecule has 0 spiro atoms. The fourth-order valence-corrected chi connectivity index (χ4v) is 1.73. The molecule has 1 amide bonds. The van der Waals surface area contributed by atoms with E-state index in [1.54, 1.807) is 6.07 Å². The van der Waals surface area contributed by atoms with Crippen LogP contribution in [-0.4, -0.2) is 28.5 Å². The number of nitrogens with zero attached hydrogens (tertiary/aromatic N) is 3. The zero-order valence-corrected chi connectivity index (χ0v) is 9.53. The molecule has 1 saturated heterocycles. The predicted octanol–water partition coefficient (Wildman–Crippen LogP) is 0.347. The molecule has 1 aliphatic rings. The van der Waals surface area contributed by atoms with E-state index >= 15 is 0 Å². The highest BCUT2D eigenvalue weighted by Crippen LogP contribution is 2.10. The second-order valence-electron chi connectivity index (χ2n) is 4.01. The number of rotatable bonds is 2. The molecule has 0 aromatic carbocycles. The average molecular weight is 231 g/mol. The van der Waals surface area contributed by atoms with Gasteiger partial charge in [0.1, 0.15) is 11.8 Å². The minimum absolute atomic E-state index is 0.0749. The standard InChI is InChI=1S/C11H13N5O/c1-7-4-9(5-12)16-11(14-7)15-8-2-3-10(17)13-6-8/h4,8H,2-3,6H2,1H3,(H,13,17)(H,14,15,16). The molecule has 0 radical (unpaired) electrons. The second-order valence-corrected chi connectivity index (χ2v) is 4.01. The normalized spacial score (nSPS) is 19.3. The van der Waals surface area contributed by atoms with E-state index < -0.39 is 0 Å². The number of piperidine rings is 1. The van der Waals surface area contributed by atoms with Gasteiger partial charge in [-0.2, -0.15) is 5.26 Å². The van der Waals surface area contributed by atoms with Crippen LogP contribution in [0, 0.1) is 18.3 Å². The van der Waals surface area contributed by atoms with Crippen molar-refractivity contribution in [2.75, 3.05) is 11.9 Å². The smallest absolute Gasteiger partial charge is 0.224 e. The molecule has 0 bridgehead atoms. The SMILES string of the molecule is Cc1cc(C#N)nc(NC2CCC(=O)NC2)n1. The maximum atomic E-state index is 11.0. The van der Waals surface area contributed by atoms with Crippen LogP contribution in [0.1, 0.15) is 24.2 Å². The van der Waals surface area contributed by atoms with Crippen molar-refractivity contribution in [2.45, 2.75) is 25.8 Å². The molecule has 2 heterocycles. The molecule has 1 aromatic rings. The number of hydrogen-bond donors (Lipinski definition) is 2. The van der Waals surface area contributed by atoms with Crippen molar-refractivity contribution in [1.29, 1.82) is 5.26 Å². The van der Waals surface area contributed by atoms with Crippen LogP contribution >= 0.6 is 0 Å². The van der Waals surface area contributed by atoms with E-state index in [1.807, 2.05) is 13.0 Å². The molecule has 1 atom stereocenters. The Morgan fingerprint density at radius 3 is 3.06 bits per heavy atom. The van der Waals surface area contributed by atoms with Crippen LogP contribution in [0.4, 0.5) is 5.95 Å². The third-order valence-electron chi connectivity index (χ3n) is 2.57. The quantitative estimate of drug-likeness (QED) is 0.766. The topological polar surface area (TPSA) is 90.7 Å². The molecule has 6 heteroatoms. The lowest BCUT2D eigenvalue weighted by Gasteiger charge is -2.23. The number of nitrogens with one attached hydrogen (secondary N) is 2. The van der Waals surface area contributed by atoms with Crippen LogP contribution in [0.3, 0.4) is 0 Å². The Bertz CT molecular complexity index is 469. The summed E-state index contributed by atoms with van der Waals surface area (Å²) in [7, 11) is 0. The van der Waals surface area contributed by atoms with Gasteiger partial charge in [0.05, 0.1) is 0 Å². The van der Waals surface area contributed by atoms with Crippen LogP contribution in [0.25, 0.3) is 0 Å². The van der Waals surface area contributed by atoms with Gasteiger partial charge in [-0.1, -0.05) is 0 Å². The fraction of sp³-hybridized carbons (Fsp3) is 0.455. The first-order valence-electron chi connectivity index (χ1n) is 5.46. The number of nitriles is 1. The van der Waals surface area contributed by atoms with Crippen molar-refractivity contribution in [3.05, 3.63) is 17.5 Å². The van der Waals surface area contributed by atoms with Gasteiger partial charge in [-0.05, 0) is 19.4 Å². The number of aromatic nitrogens is 2. The van der Waals surface area contributed by atoms with Crippen LogP contribution in [-0.2, 0) is 4.79 Å². The van der Waals surface area contributed by atoms with E-state index in [9.17, 15) is 4.79 Å². The van der Waals surface area contributed by atoms with Crippen molar-refractivity contribution < 1.29 is 4.79 Å². The maximum Gasteiger partial charge on any atom is 0.224 e. The summed E-state index contributed by atoms with van der Waals surface area (Å²) in [4.78, 5) is 19.3. The zero-order chi connectivity index (χ0) is 12.3. The summed E-state index contributed by atoms with van der Waals surface area (Å²) in [6.07, 6.45) is 1.26. The van der Waals surface area contributed by atoms with E-state index in [1.165, 1.54) is 0 Å². The molecular formula is C11H13N5O. The van der Waals surface area contributed by atoms with E-state index in [0.717, 1.165) is 12.1 Å². The average Bonchev–Trinajstić information content (AvgIpc) is 2.31. The monoisotopic (exact) mass is 231 g/mol. The summed E-state index contributed by atoms with van der Waals surface area (Å²) in [5.41, 5.74) is 1.10. The van der Waals surface area contributed by atoms with Crippen molar-refractivity contribution in [3.8, 4) is 6.07 Å². The molecule has 0 aliphatic carbocycles. The molecular weight excluding hydrogens is 218 g/mol. The third kappa shape index (κ3) is 2.91. The van der Waals surface area contributed by atoms with Gasteiger partial charge in [-0.15, -0.1) is 0 Å². The lowest BCUT2D eigenvalue weighted by atomic mass is 10.1. The van der Waals surface area contributed by atoms with Gasteiger partial charge in [0, 0.05) is 24.7 Å². The zero-order valence-electron chi connectivity index (χ0n) is 9.53. The molecule has 1 aliphatic heterocycles. The van der Waals surface area contributed by atoms with E-state index in [-0.39, 0.29) is 11.9 Å². The largest absolute Gasteiger partial charge is 0.354 e. The predicted molar refractivity (Wildman–Crippen MR) is 61.1 cm³/mol.